The van der Waals surface area contributed by atoms with Gasteiger partial charge >= 0.3 is 0 Å². The van der Waals surface area contributed by atoms with Gasteiger partial charge in [0, 0.05) is 17.3 Å². The van der Waals surface area contributed by atoms with Crippen LogP contribution in [0.15, 0.2) is 0 Å². The highest BCUT2D eigenvalue weighted by molar-refractivity contribution is 7.99. The van der Waals surface area contributed by atoms with E-state index >= 15 is 0 Å². The number of aliphatic hydroxyl groups excluding tert-OH is 1. The first kappa shape index (κ1) is 13.7. The third-order valence-corrected chi connectivity index (χ3v) is 5.48. The van der Waals surface area contributed by atoms with Crippen LogP contribution in [0.4, 0.5) is 0 Å². The van der Waals surface area contributed by atoms with Crippen molar-refractivity contribution < 1.29 is 5.11 Å². The zero-order valence-electron chi connectivity index (χ0n) is 11.0. The maximum atomic E-state index is 10.1. The molecule has 0 saturated heterocycles. The molecule has 2 aliphatic rings. The van der Waals surface area contributed by atoms with E-state index in [0.717, 1.165) is 11.7 Å². The second-order valence-electron chi connectivity index (χ2n) is 5.70. The fourth-order valence-electron chi connectivity index (χ4n) is 3.30. The van der Waals surface area contributed by atoms with Gasteiger partial charge in [0.25, 0.3) is 0 Å². The molecule has 2 fully saturated rings. The smallest absolute Gasteiger partial charge is 0.0693 e. The molecule has 4 atom stereocenters. The maximum absolute atomic E-state index is 10.1. The van der Waals surface area contributed by atoms with Crippen LogP contribution in [0, 0.1) is 0 Å². The van der Waals surface area contributed by atoms with Gasteiger partial charge in [0.05, 0.1) is 6.10 Å². The highest BCUT2D eigenvalue weighted by atomic mass is 32.2. The van der Waals surface area contributed by atoms with Crippen LogP contribution in [0.3, 0.4) is 0 Å². The molecule has 0 bridgehead atoms. The largest absolute Gasteiger partial charge is 0.392 e. The summed E-state index contributed by atoms with van der Waals surface area (Å²) < 4.78 is 0. The van der Waals surface area contributed by atoms with Crippen molar-refractivity contribution in [1.29, 1.82) is 0 Å². The number of nitrogens with one attached hydrogen (secondary N) is 1. The van der Waals surface area contributed by atoms with Crippen molar-refractivity contribution in [1.82, 2.24) is 5.32 Å². The Bertz CT molecular complexity index is 224. The topological polar surface area (TPSA) is 32.3 Å². The van der Waals surface area contributed by atoms with E-state index in [0.29, 0.717) is 12.1 Å². The van der Waals surface area contributed by atoms with Gasteiger partial charge in [-0.3, -0.25) is 0 Å². The first-order chi connectivity index (χ1) is 8.29. The predicted molar refractivity (Wildman–Crippen MR) is 75.6 cm³/mol. The summed E-state index contributed by atoms with van der Waals surface area (Å²) >= 11 is 2.01. The van der Waals surface area contributed by atoms with E-state index in [1.165, 1.54) is 51.4 Å². The van der Waals surface area contributed by atoms with E-state index in [-0.39, 0.29) is 6.10 Å². The van der Waals surface area contributed by atoms with Gasteiger partial charge in [0.1, 0.15) is 0 Å². The molecule has 0 aromatic heterocycles. The van der Waals surface area contributed by atoms with Crippen molar-refractivity contribution in [2.75, 3.05) is 6.26 Å². The number of hydrogen-bond acceptors (Lipinski definition) is 3. The summed E-state index contributed by atoms with van der Waals surface area (Å²) in [5, 5.41) is 14.7. The van der Waals surface area contributed by atoms with E-state index in [2.05, 4.69) is 11.6 Å². The molecule has 3 heteroatoms. The molecule has 2 aliphatic carbocycles. The first-order valence-corrected chi connectivity index (χ1v) is 8.55. The Morgan fingerprint density at radius 2 is 1.82 bits per heavy atom. The van der Waals surface area contributed by atoms with E-state index in [1.54, 1.807) is 0 Å². The minimum Gasteiger partial charge on any atom is -0.392 e. The van der Waals surface area contributed by atoms with Crippen molar-refractivity contribution >= 4 is 11.8 Å². The Labute approximate surface area is 110 Å². The van der Waals surface area contributed by atoms with Gasteiger partial charge in [-0.1, -0.05) is 25.7 Å². The second kappa shape index (κ2) is 7.01. The van der Waals surface area contributed by atoms with Crippen LogP contribution in [0.2, 0.25) is 0 Å². The molecule has 0 aliphatic heterocycles. The number of rotatable bonds is 3. The summed E-state index contributed by atoms with van der Waals surface area (Å²) in [6, 6.07) is 1.02. The lowest BCUT2D eigenvalue weighted by Gasteiger charge is -2.33. The summed E-state index contributed by atoms with van der Waals surface area (Å²) in [6.07, 6.45) is 13.4. The van der Waals surface area contributed by atoms with Gasteiger partial charge in [0.2, 0.25) is 0 Å². The van der Waals surface area contributed by atoms with Crippen LogP contribution in [-0.4, -0.2) is 34.8 Å². The van der Waals surface area contributed by atoms with Crippen molar-refractivity contribution in [2.24, 2.45) is 0 Å². The summed E-state index contributed by atoms with van der Waals surface area (Å²) in [6.45, 7) is 0. The van der Waals surface area contributed by atoms with Gasteiger partial charge in [-0.15, -0.1) is 0 Å². The lowest BCUT2D eigenvalue weighted by molar-refractivity contribution is 0.110. The van der Waals surface area contributed by atoms with Crippen molar-refractivity contribution in [3.8, 4) is 0 Å². The molecule has 0 spiro atoms. The zero-order chi connectivity index (χ0) is 12.1. The fourth-order valence-corrected chi connectivity index (χ4v) is 4.12. The third-order valence-electron chi connectivity index (χ3n) is 4.39. The molecular weight excluding hydrogens is 230 g/mol. The van der Waals surface area contributed by atoms with Crippen molar-refractivity contribution in [2.45, 2.75) is 81.2 Å². The van der Waals surface area contributed by atoms with Gasteiger partial charge in [-0.25, -0.2) is 0 Å². The normalized spacial score (nSPS) is 39.9. The summed E-state index contributed by atoms with van der Waals surface area (Å²) in [5.41, 5.74) is 0. The molecule has 0 radical (unpaired) electrons. The molecule has 0 amide bonds. The van der Waals surface area contributed by atoms with Gasteiger partial charge in [0.15, 0.2) is 0 Å². The number of thioether (sulfide) groups is 1. The van der Waals surface area contributed by atoms with E-state index < -0.39 is 0 Å². The molecule has 2 nitrogen and oxygen atoms in total. The Morgan fingerprint density at radius 3 is 2.65 bits per heavy atom. The van der Waals surface area contributed by atoms with Crippen LogP contribution in [0.5, 0.6) is 0 Å². The second-order valence-corrected chi connectivity index (χ2v) is 6.84. The Kier molecular flexibility index (Phi) is 5.64. The Morgan fingerprint density at radius 1 is 1.00 bits per heavy atom. The van der Waals surface area contributed by atoms with Crippen LogP contribution in [0.25, 0.3) is 0 Å². The standard InChI is InChI=1S/C14H27NOS/c1-17-12-7-5-6-11(10-12)15-13-8-3-2-4-9-14(13)16/h11-16H,2-10H2,1H3. The predicted octanol–water partition coefficient (Wildman–Crippen LogP) is 2.94. The molecule has 0 aromatic rings. The Hall–Kier alpha value is 0.270. The van der Waals surface area contributed by atoms with Crippen LogP contribution in [0.1, 0.15) is 57.8 Å². The minimum atomic E-state index is -0.104. The summed E-state index contributed by atoms with van der Waals surface area (Å²) in [7, 11) is 0. The quantitative estimate of drug-likeness (QED) is 0.763. The maximum Gasteiger partial charge on any atom is 0.0693 e. The average molecular weight is 257 g/mol. The zero-order valence-corrected chi connectivity index (χ0v) is 11.8. The molecular formula is C14H27NOS. The van der Waals surface area contributed by atoms with Crippen molar-refractivity contribution in [3.63, 3.8) is 0 Å². The SMILES string of the molecule is CSC1CCCC(NC2CCCCCC2O)C1. The highest BCUT2D eigenvalue weighted by Gasteiger charge is 2.27. The lowest BCUT2D eigenvalue weighted by Crippen LogP contribution is -2.47. The lowest BCUT2D eigenvalue weighted by atomic mass is 9.93. The highest BCUT2D eigenvalue weighted by Crippen LogP contribution is 2.28. The Balaban J connectivity index is 1.81. The minimum absolute atomic E-state index is 0.104. The molecule has 0 heterocycles. The van der Waals surface area contributed by atoms with E-state index in [9.17, 15) is 5.11 Å². The van der Waals surface area contributed by atoms with E-state index in [1.807, 2.05) is 11.8 Å². The van der Waals surface area contributed by atoms with Gasteiger partial charge in [-0.05, 0) is 38.4 Å². The molecule has 2 N–H and O–H groups in total. The van der Waals surface area contributed by atoms with Crippen LogP contribution in [-0.2, 0) is 0 Å². The molecule has 2 saturated carbocycles. The molecule has 2 rings (SSSR count). The van der Waals surface area contributed by atoms with Crippen LogP contribution < -0.4 is 5.32 Å². The fraction of sp³-hybridized carbons (Fsp3) is 1.00. The van der Waals surface area contributed by atoms with Crippen LogP contribution >= 0.6 is 11.8 Å². The van der Waals surface area contributed by atoms with Crippen molar-refractivity contribution in [3.05, 3.63) is 0 Å². The first-order valence-electron chi connectivity index (χ1n) is 7.26. The average Bonchev–Trinajstić information content (AvgIpc) is 2.55. The molecule has 100 valence electrons. The third kappa shape index (κ3) is 4.15. The number of aliphatic hydroxyl groups is 1. The van der Waals surface area contributed by atoms with Gasteiger partial charge in [-0.2, -0.15) is 11.8 Å². The molecule has 4 unspecified atom stereocenters. The summed E-state index contributed by atoms with van der Waals surface area (Å²) in [4.78, 5) is 0. The molecule has 17 heavy (non-hydrogen) atoms. The summed E-state index contributed by atoms with van der Waals surface area (Å²) in [5.74, 6) is 0. The van der Waals surface area contributed by atoms with Gasteiger partial charge < -0.3 is 10.4 Å². The monoisotopic (exact) mass is 257 g/mol. The number of hydrogen-bond donors (Lipinski definition) is 2. The molecule has 0 aromatic carbocycles. The van der Waals surface area contributed by atoms with E-state index in [4.69, 9.17) is 0 Å².